The number of carbonyl (C=O) groups is 1. The van der Waals surface area contributed by atoms with Gasteiger partial charge in [0.25, 0.3) is 5.91 Å². The highest BCUT2D eigenvalue weighted by Crippen LogP contribution is 2.17. The van der Waals surface area contributed by atoms with E-state index in [1.807, 2.05) is 18.7 Å². The molecule has 2 N–H and O–H groups in total. The van der Waals surface area contributed by atoms with Crippen LogP contribution in [0.3, 0.4) is 0 Å². The average molecular weight is 404 g/mol. The SMILES string of the molecule is CCCN(C(=O)c1ccc(S(=O)(=O)NC(C)CC)cc1)C1CCNC1.Cl. The summed E-state index contributed by atoms with van der Waals surface area (Å²) in [5.41, 5.74) is 0.530. The predicted molar refractivity (Wildman–Crippen MR) is 106 cm³/mol. The van der Waals surface area contributed by atoms with Gasteiger partial charge in [0.2, 0.25) is 10.0 Å². The lowest BCUT2D eigenvalue weighted by Crippen LogP contribution is -2.42. The molecule has 1 saturated heterocycles. The highest BCUT2D eigenvalue weighted by atomic mass is 35.5. The molecule has 1 fully saturated rings. The van der Waals surface area contributed by atoms with Crippen molar-refractivity contribution in [3.05, 3.63) is 29.8 Å². The third-order valence-electron chi connectivity index (χ3n) is 4.58. The number of amides is 1. The maximum absolute atomic E-state index is 12.8. The molecule has 2 atom stereocenters. The quantitative estimate of drug-likeness (QED) is 0.698. The molecule has 8 heteroatoms. The van der Waals surface area contributed by atoms with Crippen LogP contribution in [0.2, 0.25) is 0 Å². The van der Waals surface area contributed by atoms with E-state index in [1.54, 1.807) is 12.1 Å². The van der Waals surface area contributed by atoms with Gasteiger partial charge < -0.3 is 10.2 Å². The summed E-state index contributed by atoms with van der Waals surface area (Å²) in [6.07, 6.45) is 2.57. The van der Waals surface area contributed by atoms with Gasteiger partial charge in [-0.2, -0.15) is 0 Å². The lowest BCUT2D eigenvalue weighted by molar-refractivity contribution is 0.0692. The van der Waals surface area contributed by atoms with E-state index in [2.05, 4.69) is 17.0 Å². The van der Waals surface area contributed by atoms with E-state index >= 15 is 0 Å². The fourth-order valence-corrected chi connectivity index (χ4v) is 4.28. The van der Waals surface area contributed by atoms with E-state index in [0.717, 1.165) is 32.4 Å². The van der Waals surface area contributed by atoms with Crippen molar-refractivity contribution in [3.63, 3.8) is 0 Å². The molecule has 1 amide bonds. The standard InChI is InChI=1S/C18H29N3O3S.ClH/c1-4-12-21(16-10-11-19-13-16)18(22)15-6-8-17(9-7-15)25(23,24)20-14(3)5-2;/h6-9,14,16,19-20H,4-5,10-13H2,1-3H3;1H. The Labute approximate surface area is 163 Å². The summed E-state index contributed by atoms with van der Waals surface area (Å²) >= 11 is 0. The number of hydrogen-bond acceptors (Lipinski definition) is 4. The number of nitrogens with zero attached hydrogens (tertiary/aromatic N) is 1. The molecule has 1 aliphatic rings. The van der Waals surface area contributed by atoms with Crippen LogP contribution in [-0.2, 0) is 10.0 Å². The van der Waals surface area contributed by atoms with Crippen LogP contribution in [0.25, 0.3) is 0 Å². The van der Waals surface area contributed by atoms with Gasteiger partial charge in [0.15, 0.2) is 0 Å². The summed E-state index contributed by atoms with van der Waals surface area (Å²) < 4.78 is 27.3. The number of benzene rings is 1. The molecule has 1 aromatic rings. The second-order valence-electron chi connectivity index (χ2n) is 6.60. The van der Waals surface area contributed by atoms with Crippen molar-refractivity contribution in [2.75, 3.05) is 19.6 Å². The first-order valence-corrected chi connectivity index (χ1v) is 10.5. The Kier molecular flexibility index (Phi) is 9.03. The molecule has 0 saturated carbocycles. The summed E-state index contributed by atoms with van der Waals surface area (Å²) in [5.74, 6) is -0.0330. The number of hydrogen-bond donors (Lipinski definition) is 2. The summed E-state index contributed by atoms with van der Waals surface area (Å²) in [7, 11) is -3.55. The largest absolute Gasteiger partial charge is 0.334 e. The zero-order valence-electron chi connectivity index (χ0n) is 15.7. The molecule has 0 aliphatic carbocycles. The number of sulfonamides is 1. The van der Waals surface area contributed by atoms with Gasteiger partial charge in [-0.05, 0) is 57.0 Å². The van der Waals surface area contributed by atoms with E-state index in [9.17, 15) is 13.2 Å². The van der Waals surface area contributed by atoms with Crippen LogP contribution in [0.4, 0.5) is 0 Å². The van der Waals surface area contributed by atoms with Gasteiger partial charge in [0, 0.05) is 30.7 Å². The topological polar surface area (TPSA) is 78.5 Å². The lowest BCUT2D eigenvalue weighted by Gasteiger charge is -2.28. The van der Waals surface area contributed by atoms with Crippen LogP contribution >= 0.6 is 12.4 Å². The summed E-state index contributed by atoms with van der Waals surface area (Å²) in [6.45, 7) is 8.26. The Morgan fingerprint density at radius 3 is 2.46 bits per heavy atom. The number of nitrogens with one attached hydrogen (secondary N) is 2. The molecule has 2 unspecified atom stereocenters. The number of halogens is 1. The minimum Gasteiger partial charge on any atom is -0.334 e. The second-order valence-corrected chi connectivity index (χ2v) is 8.31. The number of carbonyl (C=O) groups excluding carboxylic acids is 1. The molecule has 26 heavy (non-hydrogen) atoms. The van der Waals surface area contributed by atoms with Crippen LogP contribution in [0.1, 0.15) is 50.4 Å². The van der Waals surface area contributed by atoms with Gasteiger partial charge in [0.05, 0.1) is 4.90 Å². The van der Waals surface area contributed by atoms with E-state index < -0.39 is 10.0 Å². The molecule has 0 bridgehead atoms. The van der Waals surface area contributed by atoms with Crippen LogP contribution in [0, 0.1) is 0 Å². The maximum Gasteiger partial charge on any atom is 0.254 e. The van der Waals surface area contributed by atoms with Crippen molar-refractivity contribution >= 4 is 28.3 Å². The average Bonchev–Trinajstić information content (AvgIpc) is 3.13. The lowest BCUT2D eigenvalue weighted by atomic mass is 10.1. The zero-order valence-corrected chi connectivity index (χ0v) is 17.3. The third-order valence-corrected chi connectivity index (χ3v) is 6.19. The zero-order chi connectivity index (χ0) is 18.4. The normalized spacial score (nSPS) is 18.2. The first-order chi connectivity index (χ1) is 11.9. The molecule has 1 aliphatic heterocycles. The Hall–Kier alpha value is -1.15. The van der Waals surface area contributed by atoms with Crippen molar-refractivity contribution in [3.8, 4) is 0 Å². The Bertz CT molecular complexity index is 673. The van der Waals surface area contributed by atoms with Crippen molar-refractivity contribution in [1.82, 2.24) is 14.9 Å². The highest BCUT2D eigenvalue weighted by molar-refractivity contribution is 7.89. The molecule has 2 rings (SSSR count). The van der Waals surface area contributed by atoms with E-state index in [1.165, 1.54) is 12.1 Å². The smallest absolute Gasteiger partial charge is 0.254 e. The van der Waals surface area contributed by atoms with Gasteiger partial charge in [0.1, 0.15) is 0 Å². The van der Waals surface area contributed by atoms with Crippen LogP contribution in [-0.4, -0.2) is 50.9 Å². The molecule has 0 aromatic heterocycles. The molecule has 6 nitrogen and oxygen atoms in total. The van der Waals surface area contributed by atoms with Crippen LogP contribution < -0.4 is 10.0 Å². The van der Waals surface area contributed by atoms with Crippen molar-refractivity contribution in [2.45, 2.75) is 57.0 Å². The van der Waals surface area contributed by atoms with Gasteiger partial charge in [-0.3, -0.25) is 4.79 Å². The molecule has 1 heterocycles. The van der Waals surface area contributed by atoms with Crippen molar-refractivity contribution in [2.24, 2.45) is 0 Å². The predicted octanol–water partition coefficient (Wildman–Crippen LogP) is 2.40. The van der Waals surface area contributed by atoms with Crippen molar-refractivity contribution < 1.29 is 13.2 Å². The second kappa shape index (κ2) is 10.3. The molecular weight excluding hydrogens is 374 g/mol. The van der Waals surface area contributed by atoms with Crippen LogP contribution in [0.5, 0.6) is 0 Å². The van der Waals surface area contributed by atoms with Crippen molar-refractivity contribution in [1.29, 1.82) is 0 Å². The molecule has 148 valence electrons. The van der Waals surface area contributed by atoms with Gasteiger partial charge in [-0.1, -0.05) is 13.8 Å². The van der Waals surface area contributed by atoms with E-state index in [-0.39, 0.29) is 35.3 Å². The fourth-order valence-electron chi connectivity index (χ4n) is 2.96. The van der Waals surface area contributed by atoms with E-state index in [0.29, 0.717) is 12.1 Å². The Morgan fingerprint density at radius 2 is 1.96 bits per heavy atom. The summed E-state index contributed by atoms with van der Waals surface area (Å²) in [5, 5.41) is 3.29. The molecular formula is C18H30ClN3O3S. The third kappa shape index (κ3) is 5.67. The fraction of sp³-hybridized carbons (Fsp3) is 0.611. The highest BCUT2D eigenvalue weighted by Gasteiger charge is 2.27. The molecule has 1 aromatic carbocycles. The first kappa shape index (κ1) is 22.9. The maximum atomic E-state index is 12.8. The monoisotopic (exact) mass is 403 g/mol. The van der Waals surface area contributed by atoms with Crippen LogP contribution in [0.15, 0.2) is 29.2 Å². The van der Waals surface area contributed by atoms with E-state index in [4.69, 9.17) is 0 Å². The Morgan fingerprint density at radius 1 is 1.31 bits per heavy atom. The Balaban J connectivity index is 0.00000338. The minimum absolute atomic E-state index is 0. The van der Waals surface area contributed by atoms with Gasteiger partial charge in [-0.25, -0.2) is 13.1 Å². The summed E-state index contributed by atoms with van der Waals surface area (Å²) in [6, 6.07) is 6.32. The summed E-state index contributed by atoms with van der Waals surface area (Å²) in [4.78, 5) is 14.9. The molecule has 0 radical (unpaired) electrons. The minimum atomic E-state index is -3.55. The number of rotatable bonds is 8. The van der Waals surface area contributed by atoms with Gasteiger partial charge in [-0.15, -0.1) is 12.4 Å². The molecule has 0 spiro atoms. The van der Waals surface area contributed by atoms with Gasteiger partial charge >= 0.3 is 0 Å². The first-order valence-electron chi connectivity index (χ1n) is 9.03.